The Hall–Kier alpha value is 0.320. The molecule has 0 aromatic carbocycles. The molecule has 0 atom stereocenters. The lowest BCUT2D eigenvalue weighted by atomic mass is 9.86. The van der Waals surface area contributed by atoms with Gasteiger partial charge in [0.2, 0.25) is 0 Å². The Labute approximate surface area is 132 Å². The van der Waals surface area contributed by atoms with Gasteiger partial charge in [0, 0.05) is 18.3 Å². The minimum Gasteiger partial charge on any atom is -0.375 e. The van der Waals surface area contributed by atoms with E-state index in [0.29, 0.717) is 18.8 Å². The van der Waals surface area contributed by atoms with Crippen molar-refractivity contribution in [2.45, 2.75) is 78.9 Å². The third-order valence-electron chi connectivity index (χ3n) is 3.20. The highest BCUT2D eigenvalue weighted by molar-refractivity contribution is 14.1. The highest BCUT2D eigenvalue weighted by Crippen LogP contribution is 2.25. The average Bonchev–Trinajstić information content (AvgIpc) is 2.24. The molecule has 0 unspecified atom stereocenters. The van der Waals surface area contributed by atoms with Crippen LogP contribution in [-0.4, -0.2) is 23.6 Å². The van der Waals surface area contributed by atoms with Gasteiger partial charge >= 0.3 is 0 Å². The van der Waals surface area contributed by atoms with Gasteiger partial charge in [0.15, 0.2) is 0 Å². The van der Waals surface area contributed by atoms with Gasteiger partial charge < -0.3 is 7.80 Å². The predicted molar refractivity (Wildman–Crippen MR) is 87.5 cm³/mol. The molecule has 0 rings (SSSR count). The van der Waals surface area contributed by atoms with Crippen LogP contribution in [0.4, 0.5) is 0 Å². The maximum atomic E-state index is 11.9. The molecule has 0 aliphatic rings. The molecule has 0 heterocycles. The number of hydrogen-bond donors (Lipinski definition) is 0. The number of hydrogen-bond acceptors (Lipinski definition) is 3. The molecule has 114 valence electrons. The van der Waals surface area contributed by atoms with E-state index in [1.54, 1.807) is 0 Å². The van der Waals surface area contributed by atoms with Crippen LogP contribution in [0.5, 0.6) is 0 Å². The van der Waals surface area contributed by atoms with Crippen LogP contribution >= 0.6 is 23.0 Å². The third kappa shape index (κ3) is 8.97. The quantitative estimate of drug-likeness (QED) is 0.569. The summed E-state index contributed by atoms with van der Waals surface area (Å²) >= 11 is 1.92. The first-order valence-electron chi connectivity index (χ1n) is 6.87. The van der Waals surface area contributed by atoms with Crippen LogP contribution in [0, 0.1) is 5.41 Å². The molecule has 0 aromatic rings. The van der Waals surface area contributed by atoms with E-state index in [2.05, 4.69) is 0 Å². The molecule has 0 radical (unpaired) electrons. The zero-order valence-corrected chi connectivity index (χ0v) is 15.6. The molecule has 3 nitrogen and oxygen atoms in total. The summed E-state index contributed by atoms with van der Waals surface area (Å²) in [6.45, 7) is 14.7. The molecule has 4 heteroatoms. The van der Waals surface area contributed by atoms with Gasteiger partial charge in [-0.25, -0.2) is 0 Å². The number of Topliss-reactive ketones (excluding diaryl/α,β-unsaturated/α-hetero) is 1. The smallest absolute Gasteiger partial charge is 0.138 e. The van der Waals surface area contributed by atoms with E-state index in [-0.39, 0.29) is 16.6 Å². The Morgan fingerprint density at radius 1 is 0.947 bits per heavy atom. The molecule has 0 fully saturated rings. The fourth-order valence-corrected chi connectivity index (χ4v) is 1.69. The van der Waals surface area contributed by atoms with E-state index >= 15 is 0 Å². The summed E-state index contributed by atoms with van der Waals surface area (Å²) in [6, 6.07) is 0. The predicted octanol–water partition coefficient (Wildman–Crippen LogP) is 4.71. The van der Waals surface area contributed by atoms with Gasteiger partial charge in [-0.05, 0) is 34.1 Å². The van der Waals surface area contributed by atoms with Crippen LogP contribution in [0.15, 0.2) is 0 Å². The molecule has 0 aliphatic carbocycles. The first kappa shape index (κ1) is 19.3. The summed E-state index contributed by atoms with van der Waals surface area (Å²) in [6.07, 6.45) is 2.17. The van der Waals surface area contributed by atoms with E-state index in [0.717, 1.165) is 12.8 Å². The molecule has 19 heavy (non-hydrogen) atoms. The molecule has 0 bridgehead atoms. The summed E-state index contributed by atoms with van der Waals surface area (Å²) < 4.78 is 11.2. The van der Waals surface area contributed by atoms with E-state index in [4.69, 9.17) is 7.80 Å². The number of ketones is 1. The first-order valence-corrected chi connectivity index (χ1v) is 7.75. The highest BCUT2D eigenvalue weighted by Gasteiger charge is 2.26. The maximum Gasteiger partial charge on any atom is 0.138 e. The van der Waals surface area contributed by atoms with E-state index in [9.17, 15) is 4.79 Å². The van der Waals surface area contributed by atoms with Crippen LogP contribution in [0.3, 0.4) is 0 Å². The highest BCUT2D eigenvalue weighted by atomic mass is 127. The summed E-state index contributed by atoms with van der Waals surface area (Å²) in [4.78, 5) is 11.9. The zero-order valence-electron chi connectivity index (χ0n) is 13.4. The lowest BCUT2D eigenvalue weighted by molar-refractivity contribution is -0.128. The standard InChI is InChI=1S/C15H29IO3/c1-13(2,3)12(17)8-9-14(4,5)18-11-10-15(6,7)19-16/h8-11H2,1-7H3. The van der Waals surface area contributed by atoms with Crippen molar-refractivity contribution in [3.8, 4) is 0 Å². The number of ether oxygens (including phenoxy) is 1. The molecule has 0 spiro atoms. The van der Waals surface area contributed by atoms with E-state index < -0.39 is 0 Å². The van der Waals surface area contributed by atoms with Gasteiger partial charge in [0.05, 0.1) is 17.8 Å². The minimum atomic E-state index is -0.262. The SMILES string of the molecule is CC(C)(CCOC(C)(C)CCC(=O)C(C)(C)C)OI. The Balaban J connectivity index is 4.10. The molecular weight excluding hydrogens is 355 g/mol. The third-order valence-corrected chi connectivity index (χ3v) is 4.39. The molecule has 0 aliphatic heterocycles. The molecule has 0 saturated carbocycles. The van der Waals surface area contributed by atoms with E-state index in [1.807, 2.05) is 71.5 Å². The topological polar surface area (TPSA) is 35.5 Å². The van der Waals surface area contributed by atoms with Crippen molar-refractivity contribution in [2.75, 3.05) is 6.61 Å². The fourth-order valence-electron chi connectivity index (χ4n) is 1.47. The molecule has 0 amide bonds. The second-order valence-electron chi connectivity index (χ2n) is 7.37. The number of carbonyl (C=O) groups is 1. The van der Waals surface area contributed by atoms with Crippen molar-refractivity contribution >= 4 is 28.8 Å². The van der Waals surface area contributed by atoms with Gasteiger partial charge in [-0.2, -0.15) is 0 Å². The summed E-state index contributed by atoms with van der Waals surface area (Å²) in [5.41, 5.74) is -0.687. The van der Waals surface area contributed by atoms with Crippen LogP contribution < -0.4 is 0 Å². The van der Waals surface area contributed by atoms with Crippen molar-refractivity contribution in [1.82, 2.24) is 0 Å². The molecular formula is C15H29IO3. The van der Waals surface area contributed by atoms with Crippen molar-refractivity contribution < 1.29 is 12.6 Å². The second kappa shape index (κ2) is 7.36. The van der Waals surface area contributed by atoms with Gasteiger partial charge in [0.25, 0.3) is 0 Å². The average molecular weight is 384 g/mol. The van der Waals surface area contributed by atoms with Gasteiger partial charge in [-0.15, -0.1) is 0 Å². The Bertz CT molecular complexity index is 290. The van der Waals surface area contributed by atoms with Gasteiger partial charge in [-0.3, -0.25) is 4.79 Å². The molecule has 0 saturated heterocycles. The first-order chi connectivity index (χ1) is 8.40. The van der Waals surface area contributed by atoms with Crippen LogP contribution in [0.2, 0.25) is 0 Å². The van der Waals surface area contributed by atoms with Gasteiger partial charge in [0.1, 0.15) is 28.8 Å². The number of rotatable bonds is 8. The van der Waals surface area contributed by atoms with Crippen molar-refractivity contribution in [2.24, 2.45) is 5.41 Å². The number of carbonyl (C=O) groups excluding carboxylic acids is 1. The van der Waals surface area contributed by atoms with Crippen LogP contribution in [0.25, 0.3) is 0 Å². The maximum absolute atomic E-state index is 11.9. The molecule has 0 N–H and O–H groups in total. The van der Waals surface area contributed by atoms with Crippen LogP contribution in [-0.2, 0) is 12.6 Å². The lowest BCUT2D eigenvalue weighted by Crippen LogP contribution is -2.31. The molecule has 0 aromatic heterocycles. The Morgan fingerprint density at radius 3 is 1.89 bits per heavy atom. The summed E-state index contributed by atoms with van der Waals surface area (Å²) in [5, 5.41) is 0. The second-order valence-corrected chi connectivity index (χ2v) is 7.81. The van der Waals surface area contributed by atoms with E-state index in [1.165, 1.54) is 0 Å². The lowest BCUT2D eigenvalue weighted by Gasteiger charge is -2.29. The van der Waals surface area contributed by atoms with Crippen molar-refractivity contribution in [3.63, 3.8) is 0 Å². The number of halogens is 1. The summed E-state index contributed by atoms with van der Waals surface area (Å²) in [5.74, 6) is 0.292. The van der Waals surface area contributed by atoms with Crippen molar-refractivity contribution in [1.29, 1.82) is 0 Å². The Kier molecular flexibility index (Phi) is 7.49. The normalized spacial score (nSPS) is 13.7. The minimum absolute atomic E-state index is 0.169. The zero-order chi connectivity index (χ0) is 15.3. The largest absolute Gasteiger partial charge is 0.375 e. The van der Waals surface area contributed by atoms with Gasteiger partial charge in [-0.1, -0.05) is 20.8 Å². The monoisotopic (exact) mass is 384 g/mol. The van der Waals surface area contributed by atoms with Crippen LogP contribution in [0.1, 0.15) is 67.7 Å². The Morgan fingerprint density at radius 2 is 1.47 bits per heavy atom. The van der Waals surface area contributed by atoms with Crippen molar-refractivity contribution in [3.05, 3.63) is 0 Å². The summed E-state index contributed by atoms with van der Waals surface area (Å²) in [7, 11) is 0. The fraction of sp³-hybridized carbons (Fsp3) is 0.933.